The fraction of sp³-hybridized carbons (Fsp3) is 0.400. The number of hydrogen-bond acceptors (Lipinski definition) is 6. The Balaban J connectivity index is 0.00000196. The molecule has 1 amide bonds. The van der Waals surface area contributed by atoms with Gasteiger partial charge >= 0.3 is 6.29 Å². The Morgan fingerprint density at radius 1 is 1.27 bits per heavy atom. The number of hydrogen-bond donors (Lipinski definition) is 2. The zero-order chi connectivity index (χ0) is 17.4. The van der Waals surface area contributed by atoms with E-state index >= 15 is 0 Å². The lowest BCUT2D eigenvalue weighted by Gasteiger charge is -2.22. The molecule has 2 aliphatic heterocycles. The molecule has 0 atom stereocenters. The second kappa shape index (κ2) is 7.04. The standard InChI is InChI=1S/C15H15F2N5O3.ClH/c16-15(17)24-12-2-1-9(7-13(12)25-15)19-14(23)11-8-22(21-20-11)10-3-5-18-6-4-10;/h1-2,7-8,10,18H,3-6H2,(H,19,23);1H. The molecule has 3 heterocycles. The van der Waals surface area contributed by atoms with Crippen LogP contribution in [0.25, 0.3) is 0 Å². The molecular formula is C15H16ClF2N5O3. The van der Waals surface area contributed by atoms with Crippen LogP contribution in [-0.4, -0.2) is 40.3 Å². The number of carbonyl (C=O) groups is 1. The van der Waals surface area contributed by atoms with E-state index in [0.29, 0.717) is 5.69 Å². The van der Waals surface area contributed by atoms with Gasteiger partial charge in [-0.2, -0.15) is 0 Å². The van der Waals surface area contributed by atoms with Gasteiger partial charge in [0, 0.05) is 11.8 Å². The fourth-order valence-electron chi connectivity index (χ4n) is 2.85. The molecule has 2 aromatic rings. The number of amides is 1. The Bertz CT molecular complexity index is 810. The van der Waals surface area contributed by atoms with E-state index in [9.17, 15) is 13.6 Å². The third-order valence-corrected chi connectivity index (χ3v) is 4.08. The lowest BCUT2D eigenvalue weighted by atomic mass is 10.1. The summed E-state index contributed by atoms with van der Waals surface area (Å²) in [5.74, 6) is -0.702. The number of anilines is 1. The van der Waals surface area contributed by atoms with E-state index in [1.807, 2.05) is 0 Å². The quantitative estimate of drug-likeness (QED) is 0.839. The van der Waals surface area contributed by atoms with Gasteiger partial charge in [-0.1, -0.05) is 5.21 Å². The van der Waals surface area contributed by atoms with Crippen molar-refractivity contribution >= 4 is 24.0 Å². The van der Waals surface area contributed by atoms with Crippen molar-refractivity contribution < 1.29 is 23.0 Å². The van der Waals surface area contributed by atoms with Crippen LogP contribution in [0.5, 0.6) is 11.5 Å². The molecule has 2 N–H and O–H groups in total. The molecule has 1 fully saturated rings. The lowest BCUT2D eigenvalue weighted by Crippen LogP contribution is -2.29. The minimum atomic E-state index is -3.69. The minimum absolute atomic E-state index is 0. The fourth-order valence-corrected chi connectivity index (χ4v) is 2.85. The first kappa shape index (κ1) is 18.3. The third kappa shape index (κ3) is 3.70. The number of benzene rings is 1. The van der Waals surface area contributed by atoms with Crippen molar-refractivity contribution in [3.8, 4) is 11.5 Å². The lowest BCUT2D eigenvalue weighted by molar-refractivity contribution is -0.286. The van der Waals surface area contributed by atoms with Gasteiger partial charge in [0.05, 0.1) is 12.2 Å². The van der Waals surface area contributed by atoms with Gasteiger partial charge in [0.2, 0.25) is 0 Å². The molecule has 8 nitrogen and oxygen atoms in total. The molecule has 26 heavy (non-hydrogen) atoms. The molecule has 1 aromatic carbocycles. The molecule has 0 bridgehead atoms. The highest BCUT2D eigenvalue weighted by Crippen LogP contribution is 2.42. The maximum absolute atomic E-state index is 13.0. The van der Waals surface area contributed by atoms with Gasteiger partial charge in [-0.15, -0.1) is 26.3 Å². The summed E-state index contributed by atoms with van der Waals surface area (Å²) >= 11 is 0. The molecule has 1 saturated heterocycles. The smallest absolute Gasteiger partial charge is 0.395 e. The summed E-state index contributed by atoms with van der Waals surface area (Å²) in [6.45, 7) is 1.79. The van der Waals surface area contributed by atoms with Crippen LogP contribution in [-0.2, 0) is 0 Å². The second-order valence-electron chi connectivity index (χ2n) is 5.85. The number of nitrogens with zero attached hydrogens (tertiary/aromatic N) is 3. The zero-order valence-corrected chi connectivity index (χ0v) is 14.3. The predicted molar refractivity (Wildman–Crippen MR) is 89.0 cm³/mol. The van der Waals surface area contributed by atoms with Crippen molar-refractivity contribution in [2.75, 3.05) is 18.4 Å². The molecular weight excluding hydrogens is 372 g/mol. The summed E-state index contributed by atoms with van der Waals surface area (Å²) in [7, 11) is 0. The summed E-state index contributed by atoms with van der Waals surface area (Å²) in [5.41, 5.74) is 0.447. The third-order valence-electron chi connectivity index (χ3n) is 4.08. The largest absolute Gasteiger partial charge is 0.586 e. The first-order valence-corrected chi connectivity index (χ1v) is 7.84. The van der Waals surface area contributed by atoms with E-state index in [-0.39, 0.29) is 35.6 Å². The Morgan fingerprint density at radius 2 is 2.00 bits per heavy atom. The van der Waals surface area contributed by atoms with Crippen LogP contribution in [0.3, 0.4) is 0 Å². The Hall–Kier alpha value is -2.46. The number of alkyl halides is 2. The highest BCUT2D eigenvalue weighted by molar-refractivity contribution is 6.02. The summed E-state index contributed by atoms with van der Waals surface area (Å²) < 4.78 is 36.4. The number of halogens is 3. The number of rotatable bonds is 3. The Morgan fingerprint density at radius 3 is 2.77 bits per heavy atom. The van der Waals surface area contributed by atoms with E-state index in [0.717, 1.165) is 25.9 Å². The molecule has 0 radical (unpaired) electrons. The van der Waals surface area contributed by atoms with E-state index in [1.165, 1.54) is 18.2 Å². The van der Waals surface area contributed by atoms with E-state index in [2.05, 4.69) is 30.4 Å². The molecule has 11 heteroatoms. The number of piperidine rings is 1. The average molecular weight is 388 g/mol. The highest BCUT2D eigenvalue weighted by Gasteiger charge is 2.43. The molecule has 0 aliphatic carbocycles. The first-order chi connectivity index (χ1) is 12.0. The molecule has 2 aliphatic rings. The maximum Gasteiger partial charge on any atom is 0.586 e. The predicted octanol–water partition coefficient (Wildman–Crippen LogP) is 2.20. The number of fused-ring (bicyclic) bond motifs is 1. The average Bonchev–Trinajstić information content (AvgIpc) is 3.18. The van der Waals surface area contributed by atoms with E-state index in [1.54, 1.807) is 10.9 Å². The van der Waals surface area contributed by atoms with Gasteiger partial charge in [0.15, 0.2) is 17.2 Å². The van der Waals surface area contributed by atoms with Crippen LogP contribution >= 0.6 is 12.4 Å². The highest BCUT2D eigenvalue weighted by atomic mass is 35.5. The van der Waals surface area contributed by atoms with Crippen molar-refractivity contribution in [3.05, 3.63) is 30.1 Å². The van der Waals surface area contributed by atoms with Gasteiger partial charge < -0.3 is 20.1 Å². The van der Waals surface area contributed by atoms with Crippen LogP contribution in [0.15, 0.2) is 24.4 Å². The number of ether oxygens (including phenoxy) is 2. The Kier molecular flexibility index (Phi) is 4.97. The van der Waals surface area contributed by atoms with Gasteiger partial charge in [-0.25, -0.2) is 4.68 Å². The number of carbonyl (C=O) groups excluding carboxylic acids is 1. The summed E-state index contributed by atoms with van der Waals surface area (Å²) in [6.07, 6.45) is -0.267. The SMILES string of the molecule is Cl.O=C(Nc1ccc2c(c1)OC(F)(F)O2)c1cn(C2CCNCC2)nn1. The van der Waals surface area contributed by atoms with Crippen molar-refractivity contribution in [1.82, 2.24) is 20.3 Å². The van der Waals surface area contributed by atoms with Crippen molar-refractivity contribution in [1.29, 1.82) is 0 Å². The van der Waals surface area contributed by atoms with Crippen LogP contribution in [0.1, 0.15) is 29.4 Å². The van der Waals surface area contributed by atoms with Crippen LogP contribution < -0.4 is 20.1 Å². The summed E-state index contributed by atoms with van der Waals surface area (Å²) in [4.78, 5) is 12.3. The maximum atomic E-state index is 13.0. The first-order valence-electron chi connectivity index (χ1n) is 7.84. The number of aromatic nitrogens is 3. The molecule has 4 rings (SSSR count). The zero-order valence-electron chi connectivity index (χ0n) is 13.4. The molecule has 1 aromatic heterocycles. The van der Waals surface area contributed by atoms with Gasteiger partial charge in [0.25, 0.3) is 5.91 Å². The van der Waals surface area contributed by atoms with Crippen molar-refractivity contribution in [2.45, 2.75) is 25.2 Å². The van der Waals surface area contributed by atoms with E-state index < -0.39 is 12.2 Å². The van der Waals surface area contributed by atoms with Gasteiger partial charge in [-0.3, -0.25) is 4.79 Å². The monoisotopic (exact) mass is 387 g/mol. The normalized spacial score (nSPS) is 18.2. The van der Waals surface area contributed by atoms with Crippen molar-refractivity contribution in [2.24, 2.45) is 0 Å². The Labute approximate surface area is 153 Å². The van der Waals surface area contributed by atoms with Gasteiger partial charge in [-0.05, 0) is 38.1 Å². The van der Waals surface area contributed by atoms with Crippen LogP contribution in [0, 0.1) is 0 Å². The second-order valence-corrected chi connectivity index (χ2v) is 5.85. The molecule has 140 valence electrons. The summed E-state index contributed by atoms with van der Waals surface area (Å²) in [5, 5.41) is 13.7. The molecule has 0 unspecified atom stereocenters. The van der Waals surface area contributed by atoms with Crippen molar-refractivity contribution in [3.63, 3.8) is 0 Å². The molecule has 0 spiro atoms. The number of nitrogens with one attached hydrogen (secondary N) is 2. The van der Waals surface area contributed by atoms with Crippen LogP contribution in [0.4, 0.5) is 14.5 Å². The van der Waals surface area contributed by atoms with E-state index in [4.69, 9.17) is 0 Å². The summed E-state index contributed by atoms with van der Waals surface area (Å²) in [6, 6.07) is 4.23. The van der Waals surface area contributed by atoms with Crippen LogP contribution in [0.2, 0.25) is 0 Å². The minimum Gasteiger partial charge on any atom is -0.395 e. The topological polar surface area (TPSA) is 90.3 Å². The van der Waals surface area contributed by atoms with Gasteiger partial charge in [0.1, 0.15) is 0 Å². The molecule has 0 saturated carbocycles.